The van der Waals surface area contributed by atoms with E-state index in [1.54, 1.807) is 4.52 Å². The predicted octanol–water partition coefficient (Wildman–Crippen LogP) is 0.733. The maximum atomic E-state index is 12.2. The fourth-order valence-corrected chi connectivity index (χ4v) is 2.09. The maximum absolute atomic E-state index is 12.2. The normalized spacial score (nSPS) is 10.9. The molecule has 0 radical (unpaired) electrons. The zero-order valence-corrected chi connectivity index (χ0v) is 11.5. The van der Waals surface area contributed by atoms with Gasteiger partial charge in [0.25, 0.3) is 5.91 Å². The summed E-state index contributed by atoms with van der Waals surface area (Å²) in [6.45, 7) is 6.80. The van der Waals surface area contributed by atoms with Crippen molar-refractivity contribution in [3.63, 3.8) is 0 Å². The van der Waals surface area contributed by atoms with E-state index in [0.717, 1.165) is 17.8 Å². The van der Waals surface area contributed by atoms with Crippen molar-refractivity contribution in [2.75, 3.05) is 13.1 Å². The van der Waals surface area contributed by atoms with Crippen LogP contribution in [0.2, 0.25) is 0 Å². The van der Waals surface area contributed by atoms with Gasteiger partial charge in [0.2, 0.25) is 0 Å². The molecule has 0 aliphatic heterocycles. The second-order valence-corrected chi connectivity index (χ2v) is 4.63. The van der Waals surface area contributed by atoms with Crippen LogP contribution in [0.15, 0.2) is 6.07 Å². The first kappa shape index (κ1) is 13.5. The fraction of sp³-hybridized carbons (Fsp3) is 0.462. The van der Waals surface area contributed by atoms with Crippen molar-refractivity contribution in [3.05, 3.63) is 28.7 Å². The molecule has 19 heavy (non-hydrogen) atoms. The number of aromatic nitrogens is 3. The van der Waals surface area contributed by atoms with Gasteiger partial charge in [-0.05, 0) is 39.8 Å². The molecule has 2 aromatic rings. The minimum atomic E-state index is -0.140. The number of carbonyl (C=O) groups excluding carboxylic acids is 1. The monoisotopic (exact) mass is 261 g/mol. The van der Waals surface area contributed by atoms with Crippen molar-refractivity contribution in [3.8, 4) is 0 Å². The third-order valence-electron chi connectivity index (χ3n) is 2.96. The van der Waals surface area contributed by atoms with Gasteiger partial charge in [-0.25, -0.2) is 9.50 Å². The molecule has 0 bridgehead atoms. The molecule has 6 nitrogen and oxygen atoms in total. The van der Waals surface area contributed by atoms with Gasteiger partial charge >= 0.3 is 0 Å². The van der Waals surface area contributed by atoms with Gasteiger partial charge in [-0.2, -0.15) is 5.10 Å². The molecule has 0 saturated carbocycles. The van der Waals surface area contributed by atoms with E-state index in [-0.39, 0.29) is 5.91 Å². The number of hydrogen-bond acceptors (Lipinski definition) is 4. The van der Waals surface area contributed by atoms with Crippen LogP contribution in [0, 0.1) is 20.8 Å². The van der Waals surface area contributed by atoms with Crippen LogP contribution in [0.1, 0.15) is 33.9 Å². The molecule has 0 spiro atoms. The Morgan fingerprint density at radius 2 is 2.16 bits per heavy atom. The molecule has 0 aromatic carbocycles. The summed E-state index contributed by atoms with van der Waals surface area (Å²) in [4.78, 5) is 16.6. The Balaban J connectivity index is 2.42. The highest BCUT2D eigenvalue weighted by molar-refractivity contribution is 6.01. The Bertz CT molecular complexity index is 617. The van der Waals surface area contributed by atoms with Gasteiger partial charge in [-0.15, -0.1) is 0 Å². The lowest BCUT2D eigenvalue weighted by Crippen LogP contribution is -2.26. The minimum Gasteiger partial charge on any atom is -0.352 e. The van der Waals surface area contributed by atoms with Crippen LogP contribution in [0.5, 0.6) is 0 Å². The number of nitrogens with one attached hydrogen (secondary N) is 1. The van der Waals surface area contributed by atoms with E-state index in [1.807, 2.05) is 26.8 Å². The Morgan fingerprint density at radius 3 is 2.84 bits per heavy atom. The largest absolute Gasteiger partial charge is 0.352 e. The number of fused-ring (bicyclic) bond motifs is 1. The SMILES string of the molecule is Cc1cc(C)n2nc(C)c(C(=O)NCCCN)c2n1. The summed E-state index contributed by atoms with van der Waals surface area (Å²) in [6, 6.07) is 1.94. The van der Waals surface area contributed by atoms with E-state index in [1.165, 1.54) is 0 Å². The number of nitrogens with zero attached hydrogens (tertiary/aromatic N) is 3. The Hall–Kier alpha value is -1.95. The molecular formula is C13H19N5O. The smallest absolute Gasteiger partial charge is 0.257 e. The lowest BCUT2D eigenvalue weighted by Gasteiger charge is -2.04. The number of hydrogen-bond donors (Lipinski definition) is 2. The minimum absolute atomic E-state index is 0.140. The standard InChI is InChI=1S/C13H19N5O/c1-8-7-9(2)18-12(16-8)11(10(3)17-18)13(19)15-6-4-5-14/h7H,4-6,14H2,1-3H3,(H,15,19). The van der Waals surface area contributed by atoms with E-state index < -0.39 is 0 Å². The summed E-state index contributed by atoms with van der Waals surface area (Å²) in [5, 5.41) is 7.22. The van der Waals surface area contributed by atoms with Crippen molar-refractivity contribution in [1.82, 2.24) is 19.9 Å². The molecule has 2 rings (SSSR count). The highest BCUT2D eigenvalue weighted by Crippen LogP contribution is 2.15. The second-order valence-electron chi connectivity index (χ2n) is 4.63. The summed E-state index contributed by atoms with van der Waals surface area (Å²) >= 11 is 0. The van der Waals surface area contributed by atoms with Crippen molar-refractivity contribution in [2.24, 2.45) is 5.73 Å². The summed E-state index contributed by atoms with van der Waals surface area (Å²) in [5.41, 5.74) is 9.10. The quantitative estimate of drug-likeness (QED) is 0.795. The van der Waals surface area contributed by atoms with E-state index >= 15 is 0 Å². The van der Waals surface area contributed by atoms with Gasteiger partial charge in [0.1, 0.15) is 5.56 Å². The van der Waals surface area contributed by atoms with Crippen LogP contribution < -0.4 is 11.1 Å². The first-order chi connectivity index (χ1) is 9.04. The van der Waals surface area contributed by atoms with Crippen molar-refractivity contribution < 1.29 is 4.79 Å². The molecule has 102 valence electrons. The molecule has 0 unspecified atom stereocenters. The fourth-order valence-electron chi connectivity index (χ4n) is 2.09. The molecule has 0 aliphatic rings. The molecular weight excluding hydrogens is 242 g/mol. The highest BCUT2D eigenvalue weighted by atomic mass is 16.1. The van der Waals surface area contributed by atoms with Crippen LogP contribution in [-0.2, 0) is 0 Å². The topological polar surface area (TPSA) is 85.3 Å². The van der Waals surface area contributed by atoms with Crippen LogP contribution >= 0.6 is 0 Å². The number of nitrogens with two attached hydrogens (primary N) is 1. The van der Waals surface area contributed by atoms with Crippen LogP contribution in [0.4, 0.5) is 0 Å². The molecule has 0 saturated heterocycles. The molecule has 0 atom stereocenters. The van der Waals surface area contributed by atoms with Crippen molar-refractivity contribution >= 4 is 11.6 Å². The number of rotatable bonds is 4. The third-order valence-corrected chi connectivity index (χ3v) is 2.96. The first-order valence-electron chi connectivity index (χ1n) is 6.36. The molecule has 1 amide bonds. The summed E-state index contributed by atoms with van der Waals surface area (Å²) < 4.78 is 1.71. The third kappa shape index (κ3) is 2.58. The number of amides is 1. The molecule has 3 N–H and O–H groups in total. The van der Waals surface area contributed by atoms with Gasteiger partial charge in [-0.1, -0.05) is 0 Å². The number of carbonyl (C=O) groups is 1. The van der Waals surface area contributed by atoms with Crippen LogP contribution in [0.3, 0.4) is 0 Å². The molecule has 0 aliphatic carbocycles. The first-order valence-corrected chi connectivity index (χ1v) is 6.36. The van der Waals surface area contributed by atoms with Crippen molar-refractivity contribution in [2.45, 2.75) is 27.2 Å². The van der Waals surface area contributed by atoms with Gasteiger partial charge in [0, 0.05) is 17.9 Å². The molecule has 0 fully saturated rings. The van der Waals surface area contributed by atoms with E-state index in [2.05, 4.69) is 15.4 Å². The van der Waals surface area contributed by atoms with E-state index in [4.69, 9.17) is 5.73 Å². The van der Waals surface area contributed by atoms with Crippen molar-refractivity contribution in [1.29, 1.82) is 0 Å². The van der Waals surface area contributed by atoms with E-state index in [9.17, 15) is 4.79 Å². The highest BCUT2D eigenvalue weighted by Gasteiger charge is 2.19. The molecule has 6 heteroatoms. The zero-order valence-electron chi connectivity index (χ0n) is 11.5. The van der Waals surface area contributed by atoms with Crippen LogP contribution in [-0.4, -0.2) is 33.6 Å². The summed E-state index contributed by atoms with van der Waals surface area (Å²) in [5.74, 6) is -0.140. The average Bonchev–Trinajstić information content (AvgIpc) is 2.66. The second kappa shape index (κ2) is 5.36. The molecule has 2 heterocycles. The lowest BCUT2D eigenvalue weighted by atomic mass is 10.2. The van der Waals surface area contributed by atoms with Gasteiger partial charge in [-0.3, -0.25) is 4.79 Å². The zero-order chi connectivity index (χ0) is 14.0. The molecule has 2 aromatic heterocycles. The van der Waals surface area contributed by atoms with Crippen LogP contribution in [0.25, 0.3) is 5.65 Å². The van der Waals surface area contributed by atoms with Gasteiger partial charge < -0.3 is 11.1 Å². The average molecular weight is 261 g/mol. The maximum Gasteiger partial charge on any atom is 0.257 e. The Labute approximate surface area is 112 Å². The lowest BCUT2D eigenvalue weighted by molar-refractivity contribution is 0.0954. The summed E-state index contributed by atoms with van der Waals surface area (Å²) in [7, 11) is 0. The van der Waals surface area contributed by atoms with Gasteiger partial charge in [0.05, 0.1) is 5.69 Å². The number of aryl methyl sites for hydroxylation is 3. The summed E-state index contributed by atoms with van der Waals surface area (Å²) in [6.07, 6.45) is 0.759. The Kier molecular flexibility index (Phi) is 3.80. The Morgan fingerprint density at radius 1 is 1.42 bits per heavy atom. The van der Waals surface area contributed by atoms with E-state index in [0.29, 0.717) is 30.0 Å². The predicted molar refractivity (Wildman–Crippen MR) is 73.2 cm³/mol. The van der Waals surface area contributed by atoms with Gasteiger partial charge in [0.15, 0.2) is 5.65 Å².